The monoisotopic (exact) mass is 314 g/mol. The molecule has 0 saturated heterocycles. The highest BCUT2D eigenvalue weighted by Gasteiger charge is 2.16. The third-order valence-corrected chi connectivity index (χ3v) is 5.93. The fourth-order valence-electron chi connectivity index (χ4n) is 1.62. The molecule has 6 heteroatoms. The molecule has 112 valence electrons. The highest BCUT2D eigenvalue weighted by atomic mass is 32.2. The summed E-state index contributed by atoms with van der Waals surface area (Å²) in [6, 6.07) is 7.47. The van der Waals surface area contributed by atoms with Crippen LogP contribution in [0.3, 0.4) is 0 Å². The summed E-state index contributed by atoms with van der Waals surface area (Å²) in [5, 5.41) is 0. The van der Waals surface area contributed by atoms with Crippen molar-refractivity contribution in [2.45, 2.75) is 17.7 Å². The Hall–Kier alpha value is -0.980. The van der Waals surface area contributed by atoms with Gasteiger partial charge in [0.2, 0.25) is 10.0 Å². The van der Waals surface area contributed by atoms with Crippen LogP contribution in [0.15, 0.2) is 41.8 Å². The van der Waals surface area contributed by atoms with E-state index in [-0.39, 0.29) is 5.75 Å². The van der Waals surface area contributed by atoms with Gasteiger partial charge >= 0.3 is 0 Å². The molecule has 0 heterocycles. The van der Waals surface area contributed by atoms with Gasteiger partial charge in [-0.3, -0.25) is 0 Å². The van der Waals surface area contributed by atoms with Crippen LogP contribution < -0.4 is 5.73 Å². The van der Waals surface area contributed by atoms with E-state index in [4.69, 9.17) is 5.73 Å². The van der Waals surface area contributed by atoms with Crippen LogP contribution >= 0.6 is 11.8 Å². The molecule has 0 aliphatic heterocycles. The van der Waals surface area contributed by atoms with Gasteiger partial charge in [-0.1, -0.05) is 12.1 Å². The van der Waals surface area contributed by atoms with Gasteiger partial charge in [0.1, 0.15) is 0 Å². The molecule has 0 saturated carbocycles. The molecule has 0 atom stereocenters. The second-order valence-corrected chi connectivity index (χ2v) is 7.85. The van der Waals surface area contributed by atoms with Crippen molar-refractivity contribution in [3.63, 3.8) is 0 Å². The van der Waals surface area contributed by atoms with Gasteiger partial charge in [0, 0.05) is 29.9 Å². The van der Waals surface area contributed by atoms with Crippen molar-refractivity contribution in [2.24, 2.45) is 0 Å². The van der Waals surface area contributed by atoms with Crippen molar-refractivity contribution in [3.05, 3.63) is 36.9 Å². The quantitative estimate of drug-likeness (QED) is 0.329. The SMILES string of the molecule is C=CCCCN(C)S(=O)(=O)CCSc1cccc(N)c1. The number of allylic oxidation sites excluding steroid dienone is 1. The molecule has 2 N–H and O–H groups in total. The summed E-state index contributed by atoms with van der Waals surface area (Å²) < 4.78 is 25.5. The number of sulfonamides is 1. The Morgan fingerprint density at radius 2 is 2.20 bits per heavy atom. The van der Waals surface area contributed by atoms with E-state index in [0.717, 1.165) is 17.7 Å². The Kier molecular flexibility index (Phi) is 7.12. The molecule has 0 spiro atoms. The van der Waals surface area contributed by atoms with Crippen LogP contribution in [0.2, 0.25) is 0 Å². The number of hydrogen-bond acceptors (Lipinski definition) is 4. The number of rotatable bonds is 9. The van der Waals surface area contributed by atoms with Gasteiger partial charge in [0.25, 0.3) is 0 Å². The Morgan fingerprint density at radius 1 is 1.45 bits per heavy atom. The van der Waals surface area contributed by atoms with Gasteiger partial charge in [0.05, 0.1) is 5.75 Å². The molecule has 1 rings (SSSR count). The van der Waals surface area contributed by atoms with E-state index in [9.17, 15) is 8.42 Å². The van der Waals surface area contributed by atoms with Gasteiger partial charge in [-0.15, -0.1) is 18.3 Å². The summed E-state index contributed by atoms with van der Waals surface area (Å²) >= 11 is 1.51. The zero-order valence-corrected chi connectivity index (χ0v) is 13.4. The molecule has 4 nitrogen and oxygen atoms in total. The van der Waals surface area contributed by atoms with Crippen molar-refractivity contribution in [1.29, 1.82) is 0 Å². The maximum Gasteiger partial charge on any atom is 0.214 e. The molecule has 0 radical (unpaired) electrons. The van der Waals surface area contributed by atoms with E-state index >= 15 is 0 Å². The number of anilines is 1. The molecular weight excluding hydrogens is 292 g/mol. The van der Waals surface area contributed by atoms with Crippen molar-refractivity contribution in [3.8, 4) is 0 Å². The van der Waals surface area contributed by atoms with Crippen molar-refractivity contribution < 1.29 is 8.42 Å². The largest absolute Gasteiger partial charge is 0.399 e. The molecule has 0 aliphatic carbocycles. The Bertz CT molecular complexity index is 530. The Labute approximate surface area is 126 Å². The summed E-state index contributed by atoms with van der Waals surface area (Å²) in [5.74, 6) is 0.661. The third-order valence-electron chi connectivity index (χ3n) is 2.82. The Morgan fingerprint density at radius 3 is 2.85 bits per heavy atom. The minimum absolute atomic E-state index is 0.136. The summed E-state index contributed by atoms with van der Waals surface area (Å²) in [6.07, 6.45) is 3.44. The molecule has 0 aromatic heterocycles. The second-order valence-electron chi connectivity index (χ2n) is 4.49. The van der Waals surface area contributed by atoms with Crippen LogP contribution in [-0.2, 0) is 10.0 Å². The first-order valence-electron chi connectivity index (χ1n) is 6.49. The first-order chi connectivity index (χ1) is 9.45. The average molecular weight is 314 g/mol. The van der Waals surface area contributed by atoms with E-state index in [1.807, 2.05) is 24.3 Å². The lowest BCUT2D eigenvalue weighted by Crippen LogP contribution is -2.30. The normalized spacial score (nSPS) is 11.7. The molecule has 0 amide bonds. The molecular formula is C14H22N2O2S2. The third kappa shape index (κ3) is 5.98. The predicted octanol–water partition coefficient (Wildman–Crippen LogP) is 2.59. The lowest BCUT2D eigenvalue weighted by molar-refractivity contribution is 0.464. The first kappa shape index (κ1) is 17.1. The summed E-state index contributed by atoms with van der Waals surface area (Å²) in [4.78, 5) is 0.995. The standard InChI is InChI=1S/C14H22N2O2S2/c1-3-4-5-9-16(2)20(17,18)11-10-19-14-8-6-7-13(15)12-14/h3,6-8,12H,1,4-5,9-11,15H2,2H3. The lowest BCUT2D eigenvalue weighted by atomic mass is 10.3. The highest BCUT2D eigenvalue weighted by Crippen LogP contribution is 2.20. The maximum atomic E-state index is 12.0. The summed E-state index contributed by atoms with van der Waals surface area (Å²) in [5.41, 5.74) is 6.38. The molecule has 0 bridgehead atoms. The summed E-state index contributed by atoms with van der Waals surface area (Å²) in [6.45, 7) is 4.17. The van der Waals surface area contributed by atoms with Gasteiger partial charge in [-0.2, -0.15) is 0 Å². The summed E-state index contributed by atoms with van der Waals surface area (Å²) in [7, 11) is -1.55. The smallest absolute Gasteiger partial charge is 0.214 e. The minimum Gasteiger partial charge on any atom is -0.399 e. The number of unbranched alkanes of at least 4 members (excludes halogenated alkanes) is 1. The van der Waals surface area contributed by atoms with E-state index in [2.05, 4.69) is 6.58 Å². The van der Waals surface area contributed by atoms with Gasteiger partial charge in [-0.05, 0) is 31.0 Å². The number of thioether (sulfide) groups is 1. The predicted molar refractivity (Wildman–Crippen MR) is 87.4 cm³/mol. The van der Waals surface area contributed by atoms with Crippen LogP contribution in [0.5, 0.6) is 0 Å². The highest BCUT2D eigenvalue weighted by molar-refractivity contribution is 8.00. The van der Waals surface area contributed by atoms with E-state index < -0.39 is 10.0 Å². The van der Waals surface area contributed by atoms with Crippen LogP contribution in [0.25, 0.3) is 0 Å². The zero-order chi connectivity index (χ0) is 15.0. The fraction of sp³-hybridized carbons (Fsp3) is 0.429. The second kappa shape index (κ2) is 8.34. The number of nitrogen functional groups attached to an aromatic ring is 1. The topological polar surface area (TPSA) is 63.4 Å². The first-order valence-corrected chi connectivity index (χ1v) is 9.08. The van der Waals surface area contributed by atoms with Crippen LogP contribution in [-0.4, -0.2) is 37.8 Å². The molecule has 0 fully saturated rings. The Balaban J connectivity index is 2.41. The van der Waals surface area contributed by atoms with E-state index in [1.165, 1.54) is 16.1 Å². The zero-order valence-electron chi connectivity index (χ0n) is 11.8. The molecule has 0 aliphatic rings. The number of nitrogens with zero attached hydrogens (tertiary/aromatic N) is 1. The van der Waals surface area contributed by atoms with Crippen molar-refractivity contribution >= 4 is 27.5 Å². The van der Waals surface area contributed by atoms with Crippen molar-refractivity contribution in [1.82, 2.24) is 4.31 Å². The lowest BCUT2D eigenvalue weighted by Gasteiger charge is -2.16. The van der Waals surface area contributed by atoms with Crippen LogP contribution in [0.1, 0.15) is 12.8 Å². The van der Waals surface area contributed by atoms with Gasteiger partial charge < -0.3 is 5.73 Å². The molecule has 1 aromatic rings. The van der Waals surface area contributed by atoms with Crippen molar-refractivity contribution in [2.75, 3.05) is 30.8 Å². The minimum atomic E-state index is -3.17. The molecule has 20 heavy (non-hydrogen) atoms. The average Bonchev–Trinajstić information content (AvgIpc) is 2.38. The molecule has 0 unspecified atom stereocenters. The van der Waals surface area contributed by atoms with E-state index in [0.29, 0.717) is 18.0 Å². The number of benzene rings is 1. The van der Waals surface area contributed by atoms with Crippen LogP contribution in [0, 0.1) is 0 Å². The molecule has 1 aromatic carbocycles. The van der Waals surface area contributed by atoms with Gasteiger partial charge in [0.15, 0.2) is 0 Å². The maximum absolute atomic E-state index is 12.0. The van der Waals surface area contributed by atoms with E-state index in [1.54, 1.807) is 13.1 Å². The van der Waals surface area contributed by atoms with Gasteiger partial charge in [-0.25, -0.2) is 12.7 Å². The van der Waals surface area contributed by atoms with Crippen LogP contribution in [0.4, 0.5) is 5.69 Å². The fourth-order valence-corrected chi connectivity index (χ4v) is 4.15. The number of hydrogen-bond donors (Lipinski definition) is 1. The number of nitrogens with two attached hydrogens (primary N) is 1.